The molecule has 30 heavy (non-hydrogen) atoms. The van der Waals surface area contributed by atoms with Crippen LogP contribution in [0.2, 0.25) is 0 Å². The largest absolute Gasteiger partial charge is 0.477 e. The molecular formula is C24H23N3O2S. The third-order valence-corrected chi connectivity index (χ3v) is 7.01. The average molecular weight is 418 g/mol. The third kappa shape index (κ3) is 3.31. The number of hydrogen-bond donors (Lipinski definition) is 1. The third-order valence-electron chi connectivity index (χ3n) is 5.96. The van der Waals surface area contributed by atoms with E-state index < -0.39 is 5.97 Å². The number of thiazole rings is 1. The number of nitrogens with zero attached hydrogens (tertiary/aromatic N) is 3. The van der Waals surface area contributed by atoms with Gasteiger partial charge in [-0.05, 0) is 37.3 Å². The minimum absolute atomic E-state index is 0.258. The normalized spacial score (nSPS) is 15.0. The van der Waals surface area contributed by atoms with Gasteiger partial charge in [-0.15, -0.1) is 11.3 Å². The van der Waals surface area contributed by atoms with Crippen LogP contribution in [0.4, 0.5) is 0 Å². The summed E-state index contributed by atoms with van der Waals surface area (Å²) >= 11 is 1.22. The Labute approximate surface area is 179 Å². The van der Waals surface area contributed by atoms with E-state index in [9.17, 15) is 9.90 Å². The maximum atomic E-state index is 11.9. The molecule has 4 aromatic rings. The molecule has 1 N–H and O–H groups in total. The number of carbonyl (C=O) groups is 1. The van der Waals surface area contributed by atoms with E-state index in [0.717, 1.165) is 22.6 Å². The zero-order valence-electron chi connectivity index (χ0n) is 16.8. The number of imidazole rings is 1. The van der Waals surface area contributed by atoms with Crippen LogP contribution in [0.25, 0.3) is 27.6 Å². The minimum atomic E-state index is -0.952. The second-order valence-corrected chi connectivity index (χ2v) is 8.94. The van der Waals surface area contributed by atoms with Crippen molar-refractivity contribution in [3.8, 4) is 22.0 Å². The topological polar surface area (TPSA) is 67.5 Å². The molecule has 152 valence electrons. The molecule has 0 saturated heterocycles. The molecule has 1 saturated carbocycles. The van der Waals surface area contributed by atoms with Crippen molar-refractivity contribution in [3.05, 3.63) is 64.8 Å². The van der Waals surface area contributed by atoms with Gasteiger partial charge in [-0.2, -0.15) is 0 Å². The van der Waals surface area contributed by atoms with Gasteiger partial charge in [0.1, 0.15) is 21.2 Å². The number of pyridine rings is 1. The van der Waals surface area contributed by atoms with Crippen molar-refractivity contribution in [3.63, 3.8) is 0 Å². The second-order valence-electron chi connectivity index (χ2n) is 7.94. The number of carboxylic acid groups (broad SMARTS) is 1. The number of hydrogen-bond acceptors (Lipinski definition) is 4. The molecule has 3 heterocycles. The fraction of sp³-hybridized carbons (Fsp3) is 0.292. The van der Waals surface area contributed by atoms with Crippen molar-refractivity contribution in [2.24, 2.45) is 0 Å². The number of rotatable bonds is 4. The quantitative estimate of drug-likeness (QED) is 0.430. The van der Waals surface area contributed by atoms with Gasteiger partial charge in [0.25, 0.3) is 0 Å². The van der Waals surface area contributed by atoms with Crippen LogP contribution in [0.1, 0.15) is 59.0 Å². The van der Waals surface area contributed by atoms with Crippen molar-refractivity contribution in [1.82, 2.24) is 14.4 Å². The first kappa shape index (κ1) is 19.0. The van der Waals surface area contributed by atoms with Crippen molar-refractivity contribution in [1.29, 1.82) is 0 Å². The van der Waals surface area contributed by atoms with E-state index in [1.165, 1.54) is 49.0 Å². The maximum absolute atomic E-state index is 11.9. The molecule has 1 aromatic carbocycles. The number of aromatic nitrogens is 3. The monoisotopic (exact) mass is 417 g/mol. The molecule has 0 radical (unpaired) electrons. The van der Waals surface area contributed by atoms with Crippen LogP contribution in [0.3, 0.4) is 0 Å². The molecule has 5 rings (SSSR count). The fourth-order valence-corrected chi connectivity index (χ4v) is 5.49. The molecule has 0 atom stereocenters. The summed E-state index contributed by atoms with van der Waals surface area (Å²) in [6, 6.07) is 13.8. The lowest BCUT2D eigenvalue weighted by Crippen LogP contribution is -2.05. The highest BCUT2D eigenvalue weighted by Crippen LogP contribution is 2.37. The molecule has 5 nitrogen and oxygen atoms in total. The molecule has 0 unspecified atom stereocenters. The van der Waals surface area contributed by atoms with Crippen molar-refractivity contribution < 1.29 is 9.90 Å². The van der Waals surface area contributed by atoms with Crippen LogP contribution in [0, 0.1) is 6.92 Å². The molecule has 6 heteroatoms. The summed E-state index contributed by atoms with van der Waals surface area (Å²) in [5.74, 6) is -0.364. The molecule has 0 spiro atoms. The number of benzene rings is 1. The second kappa shape index (κ2) is 7.69. The van der Waals surface area contributed by atoms with Gasteiger partial charge in [-0.3, -0.25) is 4.40 Å². The van der Waals surface area contributed by atoms with Gasteiger partial charge < -0.3 is 5.11 Å². The van der Waals surface area contributed by atoms with Gasteiger partial charge in [0.2, 0.25) is 0 Å². The Bertz CT molecular complexity index is 1220. The Hall–Kier alpha value is -2.99. The lowest BCUT2D eigenvalue weighted by atomic mass is 9.85. The summed E-state index contributed by atoms with van der Waals surface area (Å²) in [7, 11) is 0. The Morgan fingerprint density at radius 3 is 2.57 bits per heavy atom. The Kier molecular flexibility index (Phi) is 4.87. The molecule has 3 aromatic heterocycles. The highest BCUT2D eigenvalue weighted by molar-refractivity contribution is 7.17. The lowest BCUT2D eigenvalue weighted by molar-refractivity contribution is 0.0702. The van der Waals surface area contributed by atoms with E-state index in [-0.39, 0.29) is 4.88 Å². The van der Waals surface area contributed by atoms with Crippen LogP contribution in [0.15, 0.2) is 48.7 Å². The first-order chi connectivity index (χ1) is 14.6. The van der Waals surface area contributed by atoms with E-state index in [0.29, 0.717) is 16.6 Å². The molecular weight excluding hydrogens is 394 g/mol. The van der Waals surface area contributed by atoms with E-state index in [1.54, 1.807) is 0 Å². The predicted octanol–water partition coefficient (Wildman–Crippen LogP) is 6.18. The smallest absolute Gasteiger partial charge is 0.348 e. The van der Waals surface area contributed by atoms with Crippen LogP contribution in [-0.4, -0.2) is 25.4 Å². The summed E-state index contributed by atoms with van der Waals surface area (Å²) in [4.78, 5) is 21.7. The Morgan fingerprint density at radius 2 is 1.83 bits per heavy atom. The maximum Gasteiger partial charge on any atom is 0.348 e. The summed E-state index contributed by atoms with van der Waals surface area (Å²) in [5, 5.41) is 10.5. The predicted molar refractivity (Wildman–Crippen MR) is 119 cm³/mol. The van der Waals surface area contributed by atoms with Crippen molar-refractivity contribution in [2.45, 2.75) is 44.9 Å². The van der Waals surface area contributed by atoms with Crippen LogP contribution < -0.4 is 0 Å². The molecule has 0 bridgehead atoms. The highest BCUT2D eigenvalue weighted by atomic mass is 32.1. The summed E-state index contributed by atoms with van der Waals surface area (Å²) in [6.45, 7) is 1.96. The standard InChI is InChI=1S/C24H23N3O2S/c1-15-21(23-26-20(22(30-23)24(28)29)17-10-6-3-7-11-17)27-14-18(12-13-19(27)25-15)16-8-4-2-5-9-16/h3,6-7,10-14,16H,2,4-5,8-9H2,1H3,(H,28,29). The van der Waals surface area contributed by atoms with Gasteiger partial charge in [-0.25, -0.2) is 14.8 Å². The van der Waals surface area contributed by atoms with Gasteiger partial charge >= 0.3 is 5.97 Å². The van der Waals surface area contributed by atoms with E-state index in [1.807, 2.05) is 37.3 Å². The number of aromatic carboxylic acids is 1. The SMILES string of the molecule is Cc1nc2ccc(C3CCCCC3)cn2c1-c1nc(-c2ccccc2)c(C(=O)O)s1. The lowest BCUT2D eigenvalue weighted by Gasteiger charge is -2.22. The Balaban J connectivity index is 1.65. The van der Waals surface area contributed by atoms with Gasteiger partial charge in [0.05, 0.1) is 11.4 Å². The average Bonchev–Trinajstić information content (AvgIpc) is 3.35. The summed E-state index contributed by atoms with van der Waals surface area (Å²) < 4.78 is 2.10. The van der Waals surface area contributed by atoms with Crippen molar-refractivity contribution >= 4 is 23.0 Å². The van der Waals surface area contributed by atoms with E-state index >= 15 is 0 Å². The molecule has 0 aliphatic heterocycles. The number of carboxylic acids is 1. The highest BCUT2D eigenvalue weighted by Gasteiger charge is 2.23. The minimum Gasteiger partial charge on any atom is -0.477 e. The van der Waals surface area contributed by atoms with Crippen LogP contribution in [0.5, 0.6) is 0 Å². The van der Waals surface area contributed by atoms with Gasteiger partial charge in [-0.1, -0.05) is 55.7 Å². The molecule has 1 aliphatic carbocycles. The van der Waals surface area contributed by atoms with E-state index in [2.05, 4.69) is 22.7 Å². The zero-order valence-corrected chi connectivity index (χ0v) is 17.7. The first-order valence-corrected chi connectivity index (χ1v) is 11.2. The molecule has 1 fully saturated rings. The van der Waals surface area contributed by atoms with Gasteiger partial charge in [0.15, 0.2) is 0 Å². The molecule has 1 aliphatic rings. The van der Waals surface area contributed by atoms with Crippen LogP contribution >= 0.6 is 11.3 Å². The molecule has 0 amide bonds. The van der Waals surface area contributed by atoms with E-state index in [4.69, 9.17) is 9.97 Å². The Morgan fingerprint density at radius 1 is 1.07 bits per heavy atom. The summed E-state index contributed by atoms with van der Waals surface area (Å²) in [6.07, 6.45) is 8.54. The first-order valence-electron chi connectivity index (χ1n) is 10.4. The zero-order chi connectivity index (χ0) is 20.7. The van der Waals surface area contributed by atoms with Gasteiger partial charge in [0, 0.05) is 11.8 Å². The van der Waals surface area contributed by atoms with Crippen molar-refractivity contribution in [2.75, 3.05) is 0 Å². The number of fused-ring (bicyclic) bond motifs is 1. The number of aryl methyl sites for hydroxylation is 1. The summed E-state index contributed by atoms with van der Waals surface area (Å²) in [5.41, 5.74) is 5.28. The fourth-order valence-electron chi connectivity index (χ4n) is 4.47. The van der Waals surface area contributed by atoms with Crippen LogP contribution in [-0.2, 0) is 0 Å².